The Morgan fingerprint density at radius 2 is 2.00 bits per heavy atom. The molecule has 1 aliphatic rings. The monoisotopic (exact) mass is 217 g/mol. The Bertz CT molecular complexity index is 146. The number of rotatable bonds is 5. The molecular formula is C11H23NOS. The highest BCUT2D eigenvalue weighted by Crippen LogP contribution is 2.22. The van der Waals surface area contributed by atoms with Gasteiger partial charge in [-0.1, -0.05) is 13.8 Å². The van der Waals surface area contributed by atoms with Gasteiger partial charge < -0.3 is 10.1 Å². The van der Waals surface area contributed by atoms with Gasteiger partial charge in [0.05, 0.1) is 0 Å². The highest BCUT2D eigenvalue weighted by atomic mass is 32.2. The molecule has 0 bridgehead atoms. The highest BCUT2D eigenvalue weighted by Gasteiger charge is 2.22. The molecule has 0 aromatic heterocycles. The normalized spacial score (nSPS) is 21.4. The van der Waals surface area contributed by atoms with Crippen LogP contribution >= 0.6 is 11.8 Å². The predicted octanol–water partition coefficient (Wildman–Crippen LogP) is 2.14. The van der Waals surface area contributed by atoms with Crippen molar-refractivity contribution >= 4 is 11.8 Å². The van der Waals surface area contributed by atoms with Crippen molar-refractivity contribution in [1.82, 2.24) is 5.32 Å². The maximum atomic E-state index is 5.39. The van der Waals surface area contributed by atoms with Crippen LogP contribution in [0.25, 0.3) is 0 Å². The van der Waals surface area contributed by atoms with Crippen LogP contribution in [0.15, 0.2) is 0 Å². The second-order valence-electron chi connectivity index (χ2n) is 4.23. The summed E-state index contributed by atoms with van der Waals surface area (Å²) in [6, 6.07) is 0.672. The van der Waals surface area contributed by atoms with Gasteiger partial charge in [0.2, 0.25) is 0 Å². The number of nitrogens with one attached hydrogen (secondary N) is 1. The minimum atomic E-state index is 0.672. The van der Waals surface area contributed by atoms with E-state index in [-0.39, 0.29) is 0 Å². The van der Waals surface area contributed by atoms with Gasteiger partial charge in [-0.2, -0.15) is 11.8 Å². The quantitative estimate of drug-likeness (QED) is 0.762. The van der Waals surface area contributed by atoms with Gasteiger partial charge in [-0.15, -0.1) is 0 Å². The standard InChI is InChI=1S/C11H23NOS/c1-9(2)14-8-11(12-3)10-4-6-13-7-5-10/h9-12H,4-8H2,1-3H3. The van der Waals surface area contributed by atoms with Crippen LogP contribution in [0.1, 0.15) is 26.7 Å². The lowest BCUT2D eigenvalue weighted by Crippen LogP contribution is -2.39. The fourth-order valence-electron chi connectivity index (χ4n) is 1.87. The van der Waals surface area contributed by atoms with E-state index in [4.69, 9.17) is 4.74 Å². The Hall–Kier alpha value is 0.270. The lowest BCUT2D eigenvalue weighted by molar-refractivity contribution is 0.0575. The van der Waals surface area contributed by atoms with Gasteiger partial charge in [0.15, 0.2) is 0 Å². The van der Waals surface area contributed by atoms with Crippen molar-refractivity contribution in [1.29, 1.82) is 0 Å². The van der Waals surface area contributed by atoms with E-state index >= 15 is 0 Å². The first-order chi connectivity index (χ1) is 6.74. The van der Waals surface area contributed by atoms with Crippen LogP contribution < -0.4 is 5.32 Å². The third-order valence-corrected chi connectivity index (χ3v) is 4.03. The number of thioether (sulfide) groups is 1. The first kappa shape index (κ1) is 12.3. The maximum absolute atomic E-state index is 5.39. The van der Waals surface area contributed by atoms with Crippen molar-refractivity contribution in [2.24, 2.45) is 5.92 Å². The molecular weight excluding hydrogens is 194 g/mol. The summed E-state index contributed by atoms with van der Waals surface area (Å²) in [4.78, 5) is 0. The van der Waals surface area contributed by atoms with Crippen molar-refractivity contribution in [3.05, 3.63) is 0 Å². The predicted molar refractivity (Wildman–Crippen MR) is 64.0 cm³/mol. The largest absolute Gasteiger partial charge is 0.381 e. The van der Waals surface area contributed by atoms with Crippen LogP contribution in [-0.4, -0.2) is 37.3 Å². The molecule has 0 aromatic carbocycles. The average molecular weight is 217 g/mol. The van der Waals surface area contributed by atoms with Gasteiger partial charge in [0.1, 0.15) is 0 Å². The zero-order valence-corrected chi connectivity index (χ0v) is 10.4. The van der Waals surface area contributed by atoms with Crippen molar-refractivity contribution < 1.29 is 4.74 Å². The molecule has 84 valence electrons. The summed E-state index contributed by atoms with van der Waals surface area (Å²) in [6.45, 7) is 6.44. The van der Waals surface area contributed by atoms with Crippen LogP contribution in [-0.2, 0) is 4.74 Å². The minimum Gasteiger partial charge on any atom is -0.381 e. The second kappa shape index (κ2) is 6.70. The molecule has 1 rings (SSSR count). The lowest BCUT2D eigenvalue weighted by atomic mass is 9.93. The van der Waals surface area contributed by atoms with Crippen LogP contribution in [0.2, 0.25) is 0 Å². The smallest absolute Gasteiger partial charge is 0.0469 e. The Morgan fingerprint density at radius 1 is 1.36 bits per heavy atom. The number of ether oxygens (including phenoxy) is 1. The molecule has 0 aromatic rings. The number of hydrogen-bond acceptors (Lipinski definition) is 3. The van der Waals surface area contributed by atoms with Gasteiger partial charge in [0.25, 0.3) is 0 Å². The molecule has 0 spiro atoms. The molecule has 14 heavy (non-hydrogen) atoms. The van der Waals surface area contributed by atoms with E-state index in [0.717, 1.165) is 24.4 Å². The van der Waals surface area contributed by atoms with Crippen LogP contribution in [0.4, 0.5) is 0 Å². The zero-order chi connectivity index (χ0) is 10.4. The molecule has 0 aliphatic carbocycles. The topological polar surface area (TPSA) is 21.3 Å². The summed E-state index contributed by atoms with van der Waals surface area (Å²) in [5.74, 6) is 2.05. The van der Waals surface area contributed by atoms with Gasteiger partial charge in [-0.3, -0.25) is 0 Å². The fraction of sp³-hybridized carbons (Fsp3) is 1.00. The van der Waals surface area contributed by atoms with Gasteiger partial charge >= 0.3 is 0 Å². The first-order valence-corrected chi connectivity index (χ1v) is 6.65. The van der Waals surface area contributed by atoms with Crippen molar-refractivity contribution in [2.45, 2.75) is 38.0 Å². The van der Waals surface area contributed by atoms with Crippen molar-refractivity contribution in [3.8, 4) is 0 Å². The molecule has 1 fully saturated rings. The van der Waals surface area contributed by atoms with E-state index in [0.29, 0.717) is 6.04 Å². The third kappa shape index (κ3) is 4.20. The Morgan fingerprint density at radius 3 is 2.50 bits per heavy atom. The van der Waals surface area contributed by atoms with E-state index in [1.54, 1.807) is 0 Å². The highest BCUT2D eigenvalue weighted by molar-refractivity contribution is 7.99. The molecule has 1 N–H and O–H groups in total. The molecule has 1 aliphatic heterocycles. The van der Waals surface area contributed by atoms with Crippen molar-refractivity contribution in [3.63, 3.8) is 0 Å². The van der Waals surface area contributed by atoms with E-state index in [2.05, 4.69) is 38.0 Å². The second-order valence-corrected chi connectivity index (χ2v) is 5.84. The van der Waals surface area contributed by atoms with Crippen molar-refractivity contribution in [2.75, 3.05) is 26.0 Å². The number of hydrogen-bond donors (Lipinski definition) is 1. The van der Waals surface area contributed by atoms with E-state index in [1.807, 2.05) is 0 Å². The Balaban J connectivity index is 2.28. The summed E-state index contributed by atoms with van der Waals surface area (Å²) < 4.78 is 5.39. The summed E-state index contributed by atoms with van der Waals surface area (Å²) >= 11 is 2.05. The van der Waals surface area contributed by atoms with Crippen LogP contribution in [0.5, 0.6) is 0 Å². The molecule has 0 saturated carbocycles. The molecule has 1 atom stereocenters. The molecule has 1 heterocycles. The molecule has 1 saturated heterocycles. The maximum Gasteiger partial charge on any atom is 0.0469 e. The minimum absolute atomic E-state index is 0.672. The van der Waals surface area contributed by atoms with E-state index in [9.17, 15) is 0 Å². The first-order valence-electron chi connectivity index (χ1n) is 5.60. The van der Waals surface area contributed by atoms with E-state index < -0.39 is 0 Å². The van der Waals surface area contributed by atoms with E-state index in [1.165, 1.54) is 18.6 Å². The van der Waals surface area contributed by atoms with Crippen LogP contribution in [0.3, 0.4) is 0 Å². The van der Waals surface area contributed by atoms with Gasteiger partial charge in [0, 0.05) is 25.0 Å². The van der Waals surface area contributed by atoms with Crippen LogP contribution in [0, 0.1) is 5.92 Å². The summed E-state index contributed by atoms with van der Waals surface area (Å²) in [7, 11) is 2.08. The summed E-state index contributed by atoms with van der Waals surface area (Å²) in [6.07, 6.45) is 2.45. The molecule has 0 radical (unpaired) electrons. The average Bonchev–Trinajstić information content (AvgIpc) is 2.20. The summed E-state index contributed by atoms with van der Waals surface area (Å²) in [5, 5.41) is 4.19. The summed E-state index contributed by atoms with van der Waals surface area (Å²) in [5.41, 5.74) is 0. The molecule has 3 heteroatoms. The van der Waals surface area contributed by atoms with Gasteiger partial charge in [-0.05, 0) is 31.1 Å². The third-order valence-electron chi connectivity index (χ3n) is 2.81. The zero-order valence-electron chi connectivity index (χ0n) is 9.58. The Labute approximate surface area is 92.2 Å². The SMILES string of the molecule is CNC(CSC(C)C)C1CCOCC1. The molecule has 1 unspecified atom stereocenters. The molecule has 0 amide bonds. The Kier molecular flexibility index (Phi) is 5.90. The molecule has 2 nitrogen and oxygen atoms in total. The fourth-order valence-corrected chi connectivity index (χ4v) is 2.90. The lowest BCUT2D eigenvalue weighted by Gasteiger charge is -2.30. The van der Waals surface area contributed by atoms with Gasteiger partial charge in [-0.25, -0.2) is 0 Å².